The Morgan fingerprint density at radius 3 is 2.88 bits per heavy atom. The third-order valence-electron chi connectivity index (χ3n) is 3.88. The minimum Gasteiger partial charge on any atom is -0.493 e. The summed E-state index contributed by atoms with van der Waals surface area (Å²) in [5, 5.41) is 6.33. The van der Waals surface area contributed by atoms with Crippen molar-refractivity contribution in [2.24, 2.45) is 0 Å². The van der Waals surface area contributed by atoms with Gasteiger partial charge in [-0.05, 0) is 30.0 Å². The van der Waals surface area contributed by atoms with E-state index in [1.807, 2.05) is 47.9 Å². The molecule has 5 nitrogen and oxygen atoms in total. The lowest BCUT2D eigenvalue weighted by atomic mass is 10.2. The van der Waals surface area contributed by atoms with E-state index in [1.165, 1.54) is 15.9 Å². The van der Waals surface area contributed by atoms with E-state index in [-0.39, 0.29) is 5.56 Å². The number of nitrogens with zero attached hydrogens (tertiary/aromatic N) is 3. The molecule has 0 aliphatic heterocycles. The van der Waals surface area contributed by atoms with Crippen LogP contribution >= 0.6 is 22.7 Å². The first-order valence-corrected chi connectivity index (χ1v) is 10.1. The molecule has 26 heavy (non-hydrogen) atoms. The predicted molar refractivity (Wildman–Crippen MR) is 106 cm³/mol. The van der Waals surface area contributed by atoms with Gasteiger partial charge >= 0.3 is 0 Å². The van der Waals surface area contributed by atoms with Gasteiger partial charge in [0.2, 0.25) is 4.96 Å². The van der Waals surface area contributed by atoms with E-state index >= 15 is 0 Å². The van der Waals surface area contributed by atoms with Crippen molar-refractivity contribution in [2.45, 2.75) is 19.8 Å². The molecule has 0 saturated carbocycles. The summed E-state index contributed by atoms with van der Waals surface area (Å²) in [6.45, 7) is 2.80. The lowest BCUT2D eigenvalue weighted by Crippen LogP contribution is -2.23. The number of fused-ring (bicyclic) bond motifs is 1. The normalized spacial score (nSPS) is 12.1. The number of benzene rings is 1. The minimum absolute atomic E-state index is 0.149. The van der Waals surface area contributed by atoms with Crippen molar-refractivity contribution in [3.8, 4) is 16.5 Å². The zero-order chi connectivity index (χ0) is 17.9. The first-order valence-electron chi connectivity index (χ1n) is 8.43. The van der Waals surface area contributed by atoms with E-state index in [4.69, 9.17) is 4.74 Å². The third kappa shape index (κ3) is 3.27. The first kappa shape index (κ1) is 16.9. The summed E-state index contributed by atoms with van der Waals surface area (Å²) >= 11 is 2.90. The van der Waals surface area contributed by atoms with Gasteiger partial charge in [0.15, 0.2) is 5.82 Å². The van der Waals surface area contributed by atoms with Crippen LogP contribution in [0.3, 0.4) is 0 Å². The average Bonchev–Trinajstić information content (AvgIpc) is 3.36. The molecule has 0 aliphatic carbocycles. The summed E-state index contributed by atoms with van der Waals surface area (Å²) in [5.74, 6) is 1.39. The topological polar surface area (TPSA) is 56.5 Å². The second kappa shape index (κ2) is 7.39. The molecule has 3 heterocycles. The van der Waals surface area contributed by atoms with Gasteiger partial charge in [0.1, 0.15) is 5.75 Å². The van der Waals surface area contributed by atoms with Gasteiger partial charge in [-0.15, -0.1) is 16.4 Å². The van der Waals surface area contributed by atoms with Crippen LogP contribution in [-0.4, -0.2) is 21.2 Å². The molecule has 132 valence electrons. The van der Waals surface area contributed by atoms with Crippen LogP contribution in [0.15, 0.2) is 46.6 Å². The highest BCUT2D eigenvalue weighted by atomic mass is 32.1. The fourth-order valence-electron chi connectivity index (χ4n) is 2.54. The average molecular weight is 383 g/mol. The quantitative estimate of drug-likeness (QED) is 0.477. The molecule has 4 aromatic rings. The molecule has 0 radical (unpaired) electrons. The SMILES string of the molecule is CCCCOc1ccccc1/C=c1/sc2nc(-c3cccs3)nn2c1=O. The van der Waals surface area contributed by atoms with Crippen molar-refractivity contribution in [3.63, 3.8) is 0 Å². The largest absolute Gasteiger partial charge is 0.493 e. The van der Waals surface area contributed by atoms with E-state index in [0.29, 0.717) is 21.9 Å². The predicted octanol–water partition coefficient (Wildman–Crippen LogP) is 3.61. The van der Waals surface area contributed by atoms with E-state index in [9.17, 15) is 4.79 Å². The van der Waals surface area contributed by atoms with E-state index in [0.717, 1.165) is 29.0 Å². The summed E-state index contributed by atoms with van der Waals surface area (Å²) in [6.07, 6.45) is 3.94. The van der Waals surface area contributed by atoms with Crippen LogP contribution < -0.4 is 14.8 Å². The van der Waals surface area contributed by atoms with Crippen molar-refractivity contribution in [3.05, 3.63) is 62.2 Å². The standard InChI is InChI=1S/C19H17N3O2S2/c1-2-3-10-24-14-8-5-4-7-13(14)12-16-18(23)22-19(26-16)20-17(21-22)15-9-6-11-25-15/h4-9,11-12H,2-3,10H2,1H3/b16-12+. The summed E-state index contributed by atoms with van der Waals surface area (Å²) in [5.41, 5.74) is 0.743. The molecule has 0 N–H and O–H groups in total. The number of thiazole rings is 1. The first-order chi connectivity index (χ1) is 12.8. The molecule has 0 fully saturated rings. The zero-order valence-electron chi connectivity index (χ0n) is 14.2. The Hall–Kier alpha value is -2.51. The number of aromatic nitrogens is 3. The number of hydrogen-bond acceptors (Lipinski definition) is 6. The lowest BCUT2D eigenvalue weighted by molar-refractivity contribution is 0.309. The molecule has 0 amide bonds. The van der Waals surface area contributed by atoms with Crippen molar-refractivity contribution in [1.29, 1.82) is 0 Å². The molecule has 1 aromatic carbocycles. The molecule has 4 rings (SSSR count). The number of para-hydroxylation sites is 1. The fraction of sp³-hybridized carbons (Fsp3) is 0.211. The molecule has 3 aromatic heterocycles. The van der Waals surface area contributed by atoms with Crippen molar-refractivity contribution >= 4 is 33.7 Å². The summed E-state index contributed by atoms with van der Waals surface area (Å²) in [7, 11) is 0. The van der Waals surface area contributed by atoms with Gasteiger partial charge in [-0.1, -0.05) is 48.9 Å². The Morgan fingerprint density at radius 1 is 1.23 bits per heavy atom. The maximum Gasteiger partial charge on any atom is 0.291 e. The maximum absolute atomic E-state index is 12.7. The van der Waals surface area contributed by atoms with Crippen molar-refractivity contribution in [1.82, 2.24) is 14.6 Å². The Balaban J connectivity index is 1.72. The smallest absolute Gasteiger partial charge is 0.291 e. The fourth-order valence-corrected chi connectivity index (χ4v) is 4.09. The highest BCUT2D eigenvalue weighted by molar-refractivity contribution is 7.15. The molecule has 0 atom stereocenters. The Bertz CT molecular complexity index is 1130. The number of unbranched alkanes of at least 4 members (excludes halogenated alkanes) is 1. The van der Waals surface area contributed by atoms with E-state index in [2.05, 4.69) is 17.0 Å². The second-order valence-electron chi connectivity index (χ2n) is 5.76. The Labute approximate surface area is 158 Å². The van der Waals surface area contributed by atoms with Gasteiger partial charge in [0, 0.05) is 5.56 Å². The number of rotatable bonds is 6. The number of thiophene rings is 1. The summed E-state index contributed by atoms with van der Waals surface area (Å²) in [6, 6.07) is 11.7. The third-order valence-corrected chi connectivity index (χ3v) is 5.71. The van der Waals surface area contributed by atoms with Crippen LogP contribution in [0.4, 0.5) is 0 Å². The monoisotopic (exact) mass is 383 g/mol. The zero-order valence-corrected chi connectivity index (χ0v) is 15.8. The van der Waals surface area contributed by atoms with Gasteiger partial charge in [-0.25, -0.2) is 0 Å². The Kier molecular flexibility index (Phi) is 4.81. The molecule has 7 heteroatoms. The lowest BCUT2D eigenvalue weighted by Gasteiger charge is -2.07. The van der Waals surface area contributed by atoms with Gasteiger partial charge in [-0.3, -0.25) is 4.79 Å². The van der Waals surface area contributed by atoms with Crippen LogP contribution in [0, 0.1) is 0 Å². The van der Waals surface area contributed by atoms with Gasteiger partial charge in [0.05, 0.1) is 16.0 Å². The van der Waals surface area contributed by atoms with Crippen molar-refractivity contribution in [2.75, 3.05) is 6.61 Å². The number of ether oxygens (including phenoxy) is 1. The summed E-state index contributed by atoms with van der Waals surface area (Å²) < 4.78 is 7.83. The van der Waals surface area contributed by atoms with E-state index < -0.39 is 0 Å². The highest BCUT2D eigenvalue weighted by Gasteiger charge is 2.12. The van der Waals surface area contributed by atoms with Crippen LogP contribution in [-0.2, 0) is 0 Å². The second-order valence-corrected chi connectivity index (χ2v) is 7.72. The maximum atomic E-state index is 12.7. The Morgan fingerprint density at radius 2 is 2.12 bits per heavy atom. The van der Waals surface area contributed by atoms with Gasteiger partial charge < -0.3 is 4.74 Å². The molecular weight excluding hydrogens is 366 g/mol. The number of hydrogen-bond donors (Lipinski definition) is 0. The molecule has 0 aliphatic rings. The molecule has 0 unspecified atom stereocenters. The van der Waals surface area contributed by atoms with Crippen molar-refractivity contribution < 1.29 is 4.74 Å². The van der Waals surface area contributed by atoms with Gasteiger partial charge in [0.25, 0.3) is 5.56 Å². The molecule has 0 spiro atoms. The molecule has 0 saturated heterocycles. The van der Waals surface area contributed by atoms with Crippen LogP contribution in [0.5, 0.6) is 5.75 Å². The minimum atomic E-state index is -0.149. The van der Waals surface area contributed by atoms with Crippen LogP contribution in [0.1, 0.15) is 25.3 Å². The van der Waals surface area contributed by atoms with Crippen LogP contribution in [0.2, 0.25) is 0 Å². The van der Waals surface area contributed by atoms with Crippen LogP contribution in [0.25, 0.3) is 21.7 Å². The summed E-state index contributed by atoms with van der Waals surface area (Å²) in [4.78, 5) is 18.7. The van der Waals surface area contributed by atoms with E-state index in [1.54, 1.807) is 11.3 Å². The molecular formula is C19H17N3O2S2. The van der Waals surface area contributed by atoms with Gasteiger partial charge in [-0.2, -0.15) is 9.50 Å². The highest BCUT2D eigenvalue weighted by Crippen LogP contribution is 2.22. The molecule has 0 bridgehead atoms.